The molecule has 0 aliphatic carbocycles. The minimum atomic E-state index is -0.527. The number of aliphatic imine (C=N–C) groups is 1. The molecular weight excluding hydrogens is 578 g/mol. The summed E-state index contributed by atoms with van der Waals surface area (Å²) in [6.45, 7) is 13.6. The van der Waals surface area contributed by atoms with Crippen LogP contribution in [0.3, 0.4) is 0 Å². The summed E-state index contributed by atoms with van der Waals surface area (Å²) in [6, 6.07) is 20.1. The second-order valence-corrected chi connectivity index (χ2v) is 13.2. The van der Waals surface area contributed by atoms with Gasteiger partial charge in [-0.25, -0.2) is 0 Å². The van der Waals surface area contributed by atoms with Gasteiger partial charge in [0.1, 0.15) is 5.75 Å². The Labute approximate surface area is 274 Å². The third kappa shape index (κ3) is 7.08. The Morgan fingerprint density at radius 3 is 2.37 bits per heavy atom. The first-order valence-corrected chi connectivity index (χ1v) is 16.3. The highest BCUT2D eigenvalue weighted by molar-refractivity contribution is 6.15. The van der Waals surface area contributed by atoms with Crippen LogP contribution in [0.4, 0.5) is 0 Å². The van der Waals surface area contributed by atoms with Crippen molar-refractivity contribution in [1.29, 1.82) is 0 Å². The van der Waals surface area contributed by atoms with Gasteiger partial charge in [0.15, 0.2) is 11.5 Å². The number of likely N-dealkylation sites (N-methyl/N-ethyl adjacent to an activating group) is 1. The monoisotopic (exact) mass is 627 g/mol. The van der Waals surface area contributed by atoms with Gasteiger partial charge in [-0.3, -0.25) is 9.79 Å². The summed E-state index contributed by atoms with van der Waals surface area (Å²) in [7, 11) is 5.50. The molecule has 8 heteroatoms. The SMILES string of the molecule is CCOc1cc2c(cc1OC)C(c1ccc(C(=O)N(C(C)C)C(C)(C)COCc3ccc(OC)cc3)cc1)=N[C@@H]1CCN(C)C[C@H]21. The van der Waals surface area contributed by atoms with Crippen molar-refractivity contribution in [2.45, 2.75) is 71.2 Å². The maximum atomic E-state index is 14.0. The number of nitrogens with zero attached hydrogens (tertiary/aromatic N) is 3. The summed E-state index contributed by atoms with van der Waals surface area (Å²) < 4.78 is 23.1. The Morgan fingerprint density at radius 2 is 1.74 bits per heavy atom. The fourth-order valence-corrected chi connectivity index (χ4v) is 6.87. The summed E-state index contributed by atoms with van der Waals surface area (Å²) in [5, 5.41) is 0. The van der Waals surface area contributed by atoms with E-state index in [1.807, 2.05) is 74.2 Å². The van der Waals surface area contributed by atoms with Gasteiger partial charge in [0, 0.05) is 35.2 Å². The van der Waals surface area contributed by atoms with Crippen molar-refractivity contribution in [3.05, 3.63) is 88.5 Å². The van der Waals surface area contributed by atoms with Crippen molar-refractivity contribution in [2.75, 3.05) is 47.6 Å². The standard InChI is InChI=1S/C38H49N3O5/c1-9-46-35-20-30-31(21-34(35)44-8)36(39-33-18-19-40(6)22-32(30)33)27-12-14-28(15-13-27)37(42)41(25(2)3)38(4,5)24-45-23-26-10-16-29(43-7)17-11-26/h10-17,20-21,25,32-33H,9,18-19,22-24H2,1-8H3/t32-,33-/m1/s1. The van der Waals surface area contributed by atoms with Gasteiger partial charge in [-0.1, -0.05) is 24.3 Å². The van der Waals surface area contributed by atoms with Gasteiger partial charge in [-0.15, -0.1) is 0 Å². The molecule has 3 aromatic carbocycles. The smallest absolute Gasteiger partial charge is 0.254 e. The largest absolute Gasteiger partial charge is 0.497 e. The molecule has 2 aliphatic rings. The van der Waals surface area contributed by atoms with E-state index < -0.39 is 5.54 Å². The van der Waals surface area contributed by atoms with Crippen LogP contribution >= 0.6 is 0 Å². The van der Waals surface area contributed by atoms with Crippen LogP contribution in [0.15, 0.2) is 65.7 Å². The first-order valence-electron chi connectivity index (χ1n) is 16.3. The van der Waals surface area contributed by atoms with Gasteiger partial charge in [-0.05, 0) is 102 Å². The van der Waals surface area contributed by atoms with Gasteiger partial charge in [0.25, 0.3) is 5.91 Å². The van der Waals surface area contributed by atoms with Crippen molar-refractivity contribution in [2.24, 2.45) is 4.99 Å². The van der Waals surface area contributed by atoms with Crippen LogP contribution < -0.4 is 14.2 Å². The van der Waals surface area contributed by atoms with Crippen LogP contribution in [0.1, 0.15) is 79.6 Å². The molecule has 0 saturated carbocycles. The maximum Gasteiger partial charge on any atom is 0.254 e. The third-order valence-corrected chi connectivity index (χ3v) is 9.04. The van der Waals surface area contributed by atoms with Crippen molar-refractivity contribution in [3.8, 4) is 17.2 Å². The molecule has 2 heterocycles. The minimum Gasteiger partial charge on any atom is -0.497 e. The molecule has 46 heavy (non-hydrogen) atoms. The van der Waals surface area contributed by atoms with Crippen LogP contribution in [0.5, 0.6) is 17.2 Å². The molecule has 0 N–H and O–H groups in total. The first-order chi connectivity index (χ1) is 22.1. The first kappa shape index (κ1) is 33.5. The van der Waals surface area contributed by atoms with E-state index in [0.29, 0.717) is 31.1 Å². The fraction of sp³-hybridized carbons (Fsp3) is 0.474. The van der Waals surface area contributed by atoms with Crippen molar-refractivity contribution in [3.63, 3.8) is 0 Å². The number of piperidine rings is 1. The van der Waals surface area contributed by atoms with E-state index in [9.17, 15) is 4.79 Å². The van der Waals surface area contributed by atoms with E-state index >= 15 is 0 Å². The Bertz CT molecular complexity index is 1530. The molecule has 0 bridgehead atoms. The summed E-state index contributed by atoms with van der Waals surface area (Å²) >= 11 is 0. The predicted octanol–water partition coefficient (Wildman–Crippen LogP) is 6.59. The highest BCUT2D eigenvalue weighted by Gasteiger charge is 2.37. The molecule has 2 atom stereocenters. The molecule has 0 spiro atoms. The summed E-state index contributed by atoms with van der Waals surface area (Å²) in [4.78, 5) is 23.6. The number of amides is 1. The number of carbonyl (C=O) groups excluding carboxylic acids is 1. The minimum absolute atomic E-state index is 0.0188. The average molecular weight is 628 g/mol. The van der Waals surface area contributed by atoms with Crippen molar-refractivity contribution in [1.82, 2.24) is 9.80 Å². The summed E-state index contributed by atoms with van der Waals surface area (Å²) in [6.07, 6.45) is 0.996. The molecule has 2 aliphatic heterocycles. The van der Waals surface area contributed by atoms with E-state index in [1.165, 1.54) is 5.56 Å². The Hall–Kier alpha value is -3.88. The number of benzene rings is 3. The molecule has 0 radical (unpaired) electrons. The van der Waals surface area contributed by atoms with Gasteiger partial charge in [-0.2, -0.15) is 0 Å². The molecule has 0 aromatic heterocycles. The zero-order chi connectivity index (χ0) is 33.0. The molecule has 1 saturated heterocycles. The summed E-state index contributed by atoms with van der Waals surface area (Å²) in [5.41, 5.74) is 5.40. The van der Waals surface area contributed by atoms with Gasteiger partial charge < -0.3 is 28.7 Å². The van der Waals surface area contributed by atoms with Crippen LogP contribution in [0, 0.1) is 0 Å². The highest BCUT2D eigenvalue weighted by Crippen LogP contribution is 2.42. The lowest BCUT2D eigenvalue weighted by Gasteiger charge is -2.41. The Balaban J connectivity index is 1.38. The maximum absolute atomic E-state index is 14.0. The average Bonchev–Trinajstić information content (AvgIpc) is 3.04. The molecular formula is C38H49N3O5. The summed E-state index contributed by atoms with van der Waals surface area (Å²) in [5.74, 6) is 2.54. The normalized spacial score (nSPS) is 18.0. The molecule has 1 fully saturated rings. The van der Waals surface area contributed by atoms with Crippen LogP contribution in [0.2, 0.25) is 0 Å². The second kappa shape index (κ2) is 14.3. The zero-order valence-electron chi connectivity index (χ0n) is 28.6. The number of likely N-dealkylation sites (tertiary alicyclic amines) is 1. The lowest BCUT2D eigenvalue weighted by atomic mass is 9.79. The highest BCUT2D eigenvalue weighted by atomic mass is 16.5. The van der Waals surface area contributed by atoms with Gasteiger partial charge in [0.05, 0.1) is 51.3 Å². The zero-order valence-corrected chi connectivity index (χ0v) is 28.6. The Kier molecular flexibility index (Phi) is 10.4. The number of methoxy groups -OCH3 is 2. The quantitative estimate of drug-likeness (QED) is 0.226. The number of hydrogen-bond acceptors (Lipinski definition) is 7. The van der Waals surface area contributed by atoms with Gasteiger partial charge in [0.2, 0.25) is 0 Å². The van der Waals surface area contributed by atoms with Crippen molar-refractivity contribution >= 4 is 11.6 Å². The van der Waals surface area contributed by atoms with Crippen LogP contribution in [0.25, 0.3) is 0 Å². The third-order valence-electron chi connectivity index (χ3n) is 9.04. The molecule has 3 aromatic rings. The molecule has 1 amide bonds. The van der Waals surface area contributed by atoms with E-state index in [0.717, 1.165) is 53.4 Å². The van der Waals surface area contributed by atoms with E-state index in [1.54, 1.807) is 14.2 Å². The van der Waals surface area contributed by atoms with E-state index in [2.05, 4.69) is 37.9 Å². The molecule has 8 nitrogen and oxygen atoms in total. The van der Waals surface area contributed by atoms with E-state index in [-0.39, 0.29) is 23.9 Å². The number of carbonyl (C=O) groups is 1. The topological polar surface area (TPSA) is 72.8 Å². The molecule has 246 valence electrons. The van der Waals surface area contributed by atoms with Crippen LogP contribution in [-0.2, 0) is 11.3 Å². The Morgan fingerprint density at radius 1 is 1.02 bits per heavy atom. The molecule has 0 unspecified atom stereocenters. The number of hydrogen-bond donors (Lipinski definition) is 0. The molecule has 5 rings (SSSR count). The number of fused-ring (bicyclic) bond motifs is 3. The number of ether oxygens (including phenoxy) is 4. The lowest BCUT2D eigenvalue weighted by molar-refractivity contribution is -0.00371. The van der Waals surface area contributed by atoms with Crippen molar-refractivity contribution < 1.29 is 23.7 Å². The predicted molar refractivity (Wildman–Crippen MR) is 183 cm³/mol. The van der Waals surface area contributed by atoms with Gasteiger partial charge >= 0.3 is 0 Å². The second-order valence-electron chi connectivity index (χ2n) is 13.2. The fourth-order valence-electron chi connectivity index (χ4n) is 6.87. The van der Waals surface area contributed by atoms with E-state index in [4.69, 9.17) is 23.9 Å². The number of rotatable bonds is 12. The lowest BCUT2D eigenvalue weighted by Crippen LogP contribution is -2.54. The van der Waals surface area contributed by atoms with Crippen LogP contribution in [-0.4, -0.2) is 86.6 Å².